The van der Waals surface area contributed by atoms with E-state index in [0.29, 0.717) is 13.1 Å². The standard InChI is InChI=1S/C13H16N2O2S/c1-3-15(4-2)13(16)17-9-12-14-10-7-5-6-8-11(10)18-12/h5-8H,3-4,9H2,1-2H3. The van der Waals surface area contributed by atoms with E-state index in [4.69, 9.17) is 4.74 Å². The summed E-state index contributed by atoms with van der Waals surface area (Å²) in [4.78, 5) is 17.7. The molecule has 0 saturated carbocycles. The maximum absolute atomic E-state index is 11.7. The van der Waals surface area contributed by atoms with Crippen LogP contribution < -0.4 is 0 Å². The van der Waals surface area contributed by atoms with E-state index in [1.54, 1.807) is 16.2 Å². The Labute approximate surface area is 110 Å². The summed E-state index contributed by atoms with van der Waals surface area (Å²) < 4.78 is 6.35. The Kier molecular flexibility index (Phi) is 4.15. The van der Waals surface area contributed by atoms with Crippen LogP contribution in [0.2, 0.25) is 0 Å². The molecule has 0 bridgehead atoms. The summed E-state index contributed by atoms with van der Waals surface area (Å²) in [7, 11) is 0. The summed E-state index contributed by atoms with van der Waals surface area (Å²) in [6.45, 7) is 5.43. The molecule has 0 fully saturated rings. The van der Waals surface area contributed by atoms with E-state index in [2.05, 4.69) is 4.98 Å². The highest BCUT2D eigenvalue weighted by atomic mass is 32.1. The van der Waals surface area contributed by atoms with Gasteiger partial charge in [0.15, 0.2) is 0 Å². The van der Waals surface area contributed by atoms with E-state index in [0.717, 1.165) is 15.2 Å². The third kappa shape index (κ3) is 2.79. The lowest BCUT2D eigenvalue weighted by Crippen LogP contribution is -2.30. The number of hydrogen-bond donors (Lipinski definition) is 0. The molecule has 18 heavy (non-hydrogen) atoms. The molecular weight excluding hydrogens is 248 g/mol. The van der Waals surface area contributed by atoms with E-state index in [1.165, 1.54) is 0 Å². The number of thiazole rings is 1. The number of carbonyl (C=O) groups excluding carboxylic acids is 1. The van der Waals surface area contributed by atoms with Crippen LogP contribution in [0.25, 0.3) is 10.2 Å². The van der Waals surface area contributed by atoms with Crippen LogP contribution in [-0.2, 0) is 11.3 Å². The fourth-order valence-corrected chi connectivity index (χ4v) is 2.56. The second kappa shape index (κ2) is 5.82. The number of amides is 1. The SMILES string of the molecule is CCN(CC)C(=O)OCc1nc2ccccc2s1. The maximum Gasteiger partial charge on any atom is 0.410 e. The first-order chi connectivity index (χ1) is 8.74. The molecule has 0 spiro atoms. The molecule has 4 nitrogen and oxygen atoms in total. The largest absolute Gasteiger partial charge is 0.442 e. The minimum absolute atomic E-state index is 0.245. The van der Waals surface area contributed by atoms with Gasteiger partial charge in [-0.25, -0.2) is 9.78 Å². The zero-order valence-electron chi connectivity index (χ0n) is 10.5. The maximum atomic E-state index is 11.7. The summed E-state index contributed by atoms with van der Waals surface area (Å²) in [5.74, 6) is 0. The molecule has 0 atom stereocenters. The molecule has 0 radical (unpaired) electrons. The van der Waals surface area contributed by atoms with Crippen LogP contribution in [0.5, 0.6) is 0 Å². The van der Waals surface area contributed by atoms with Crippen molar-refractivity contribution < 1.29 is 9.53 Å². The van der Waals surface area contributed by atoms with Crippen LogP contribution in [0.3, 0.4) is 0 Å². The van der Waals surface area contributed by atoms with Gasteiger partial charge in [0.05, 0.1) is 10.2 Å². The fourth-order valence-electron chi connectivity index (χ4n) is 1.68. The second-order valence-corrected chi connectivity index (χ2v) is 4.92. The first-order valence-electron chi connectivity index (χ1n) is 6.00. The minimum atomic E-state index is -0.278. The Hall–Kier alpha value is -1.62. The average molecular weight is 264 g/mol. The van der Waals surface area contributed by atoms with Gasteiger partial charge in [-0.05, 0) is 26.0 Å². The molecule has 1 heterocycles. The number of aromatic nitrogens is 1. The summed E-state index contributed by atoms with van der Waals surface area (Å²) in [5.41, 5.74) is 0.955. The van der Waals surface area contributed by atoms with Gasteiger partial charge in [-0.1, -0.05) is 12.1 Å². The molecule has 1 aromatic heterocycles. The summed E-state index contributed by atoms with van der Waals surface area (Å²) in [5, 5.41) is 0.830. The summed E-state index contributed by atoms with van der Waals surface area (Å²) >= 11 is 1.56. The van der Waals surface area contributed by atoms with Crippen LogP contribution in [0.1, 0.15) is 18.9 Å². The Morgan fingerprint density at radius 2 is 2.06 bits per heavy atom. The van der Waals surface area contributed by atoms with Crippen molar-refractivity contribution >= 4 is 27.6 Å². The van der Waals surface area contributed by atoms with Gasteiger partial charge < -0.3 is 9.64 Å². The predicted molar refractivity (Wildman–Crippen MR) is 72.7 cm³/mol. The smallest absolute Gasteiger partial charge is 0.410 e. The Bertz CT molecular complexity index is 502. The second-order valence-electron chi connectivity index (χ2n) is 3.80. The lowest BCUT2D eigenvalue weighted by molar-refractivity contribution is 0.0998. The van der Waals surface area contributed by atoms with E-state index in [-0.39, 0.29) is 12.7 Å². The molecule has 1 aromatic carbocycles. The Morgan fingerprint density at radius 3 is 2.72 bits per heavy atom. The number of fused-ring (bicyclic) bond motifs is 1. The van der Waals surface area contributed by atoms with Crippen LogP contribution >= 0.6 is 11.3 Å². The Morgan fingerprint density at radius 1 is 1.33 bits per heavy atom. The van der Waals surface area contributed by atoms with Crippen molar-refractivity contribution in [3.05, 3.63) is 29.3 Å². The van der Waals surface area contributed by atoms with Crippen LogP contribution in [0.4, 0.5) is 4.79 Å². The normalized spacial score (nSPS) is 10.6. The zero-order chi connectivity index (χ0) is 13.0. The number of nitrogens with zero attached hydrogens (tertiary/aromatic N) is 2. The van der Waals surface area contributed by atoms with E-state index in [1.807, 2.05) is 38.1 Å². The predicted octanol–water partition coefficient (Wildman–Crippen LogP) is 3.27. The van der Waals surface area contributed by atoms with Crippen LogP contribution in [-0.4, -0.2) is 29.1 Å². The lowest BCUT2D eigenvalue weighted by atomic mass is 10.3. The quantitative estimate of drug-likeness (QED) is 0.851. The van der Waals surface area contributed by atoms with E-state index < -0.39 is 0 Å². The van der Waals surface area contributed by atoms with Gasteiger partial charge in [-0.3, -0.25) is 0 Å². The van der Waals surface area contributed by atoms with E-state index >= 15 is 0 Å². The average Bonchev–Trinajstić information content (AvgIpc) is 2.80. The summed E-state index contributed by atoms with van der Waals surface area (Å²) in [6.07, 6.45) is -0.278. The Balaban J connectivity index is 1.99. The van der Waals surface area contributed by atoms with Crippen LogP contribution in [0.15, 0.2) is 24.3 Å². The van der Waals surface area contributed by atoms with Gasteiger partial charge in [0, 0.05) is 13.1 Å². The molecule has 0 aliphatic carbocycles. The zero-order valence-corrected chi connectivity index (χ0v) is 11.4. The van der Waals surface area contributed by atoms with Crippen molar-refractivity contribution in [3.8, 4) is 0 Å². The third-order valence-electron chi connectivity index (χ3n) is 2.68. The highest BCUT2D eigenvalue weighted by Crippen LogP contribution is 2.22. The molecule has 1 amide bonds. The number of carbonyl (C=O) groups is 1. The van der Waals surface area contributed by atoms with Gasteiger partial charge in [-0.15, -0.1) is 11.3 Å². The minimum Gasteiger partial charge on any atom is -0.442 e. The molecule has 0 N–H and O–H groups in total. The van der Waals surface area contributed by atoms with Gasteiger partial charge >= 0.3 is 6.09 Å². The highest BCUT2D eigenvalue weighted by Gasteiger charge is 2.12. The molecule has 96 valence electrons. The molecule has 2 rings (SSSR count). The van der Waals surface area contributed by atoms with Gasteiger partial charge in [-0.2, -0.15) is 0 Å². The number of para-hydroxylation sites is 1. The molecule has 0 saturated heterocycles. The van der Waals surface area contributed by atoms with Gasteiger partial charge in [0.25, 0.3) is 0 Å². The molecule has 5 heteroatoms. The first kappa shape index (κ1) is 12.8. The van der Waals surface area contributed by atoms with Crippen molar-refractivity contribution in [1.82, 2.24) is 9.88 Å². The third-order valence-corrected chi connectivity index (χ3v) is 3.69. The number of rotatable bonds is 4. The summed E-state index contributed by atoms with van der Waals surface area (Å²) in [6, 6.07) is 7.91. The van der Waals surface area contributed by atoms with Crippen molar-refractivity contribution in [2.24, 2.45) is 0 Å². The molecule has 2 aromatic rings. The topological polar surface area (TPSA) is 42.4 Å². The van der Waals surface area contributed by atoms with Gasteiger partial charge in [0.1, 0.15) is 11.6 Å². The molecule has 0 aliphatic rings. The van der Waals surface area contributed by atoms with Crippen molar-refractivity contribution in [3.63, 3.8) is 0 Å². The van der Waals surface area contributed by atoms with Crippen molar-refractivity contribution in [1.29, 1.82) is 0 Å². The molecule has 0 aliphatic heterocycles. The van der Waals surface area contributed by atoms with E-state index in [9.17, 15) is 4.79 Å². The monoisotopic (exact) mass is 264 g/mol. The van der Waals surface area contributed by atoms with Crippen molar-refractivity contribution in [2.75, 3.05) is 13.1 Å². The van der Waals surface area contributed by atoms with Crippen LogP contribution in [0, 0.1) is 0 Å². The highest BCUT2D eigenvalue weighted by molar-refractivity contribution is 7.18. The number of ether oxygens (including phenoxy) is 1. The van der Waals surface area contributed by atoms with Gasteiger partial charge in [0.2, 0.25) is 0 Å². The molecule has 0 unspecified atom stereocenters. The molecular formula is C13H16N2O2S. The van der Waals surface area contributed by atoms with Crippen molar-refractivity contribution in [2.45, 2.75) is 20.5 Å². The fraction of sp³-hybridized carbons (Fsp3) is 0.385. The lowest BCUT2D eigenvalue weighted by Gasteiger charge is -2.17. The number of benzene rings is 1. The number of hydrogen-bond acceptors (Lipinski definition) is 4. The first-order valence-corrected chi connectivity index (χ1v) is 6.82.